The lowest BCUT2D eigenvalue weighted by Crippen LogP contribution is -2.30. The molecule has 2 aromatic rings. The molecule has 7 nitrogen and oxygen atoms in total. The van der Waals surface area contributed by atoms with Crippen LogP contribution in [0.3, 0.4) is 0 Å². The van der Waals surface area contributed by atoms with Gasteiger partial charge in [0.05, 0.1) is 5.56 Å². The van der Waals surface area contributed by atoms with E-state index in [1.54, 1.807) is 19.1 Å². The Morgan fingerprint density at radius 2 is 1.77 bits per heavy atom. The molecule has 0 heterocycles. The molecule has 1 atom stereocenters. The van der Waals surface area contributed by atoms with Gasteiger partial charge in [-0.2, -0.15) is 0 Å². The van der Waals surface area contributed by atoms with Gasteiger partial charge in [-0.1, -0.05) is 12.1 Å². The summed E-state index contributed by atoms with van der Waals surface area (Å²) >= 11 is 0. The number of halogens is 1. The quantitative estimate of drug-likeness (QED) is 0.713. The van der Waals surface area contributed by atoms with E-state index >= 15 is 0 Å². The molecule has 0 aromatic heterocycles. The van der Waals surface area contributed by atoms with Crippen molar-refractivity contribution in [1.29, 1.82) is 0 Å². The van der Waals surface area contributed by atoms with Crippen molar-refractivity contribution in [1.82, 2.24) is 0 Å². The molecule has 0 aliphatic heterocycles. The Bertz CT molecular complexity index is 854. The van der Waals surface area contributed by atoms with Crippen molar-refractivity contribution >= 4 is 29.3 Å². The van der Waals surface area contributed by atoms with Gasteiger partial charge in [0, 0.05) is 11.4 Å². The summed E-state index contributed by atoms with van der Waals surface area (Å²) in [5.41, 5.74) is 6.18. The first kappa shape index (κ1) is 18.9. The summed E-state index contributed by atoms with van der Waals surface area (Å²) in [5.74, 6) is -1.81. The summed E-state index contributed by atoms with van der Waals surface area (Å²) < 4.78 is 18.6. The monoisotopic (exact) mass is 359 g/mol. The normalized spacial score (nSPS) is 11.3. The lowest BCUT2D eigenvalue weighted by atomic mass is 10.2. The Labute approximate surface area is 149 Å². The van der Waals surface area contributed by atoms with E-state index in [1.807, 2.05) is 0 Å². The summed E-state index contributed by atoms with van der Waals surface area (Å²) in [4.78, 5) is 35.1. The first-order valence-electron chi connectivity index (χ1n) is 7.71. The Hall–Kier alpha value is -3.42. The van der Waals surface area contributed by atoms with Crippen LogP contribution in [0.1, 0.15) is 22.8 Å². The second-order valence-corrected chi connectivity index (χ2v) is 5.57. The zero-order valence-corrected chi connectivity index (χ0v) is 14.2. The molecular weight excluding hydrogens is 341 g/mol. The first-order valence-corrected chi connectivity index (χ1v) is 7.71. The van der Waals surface area contributed by atoms with E-state index < -0.39 is 29.8 Å². The second-order valence-electron chi connectivity index (χ2n) is 5.57. The molecule has 0 saturated carbocycles. The van der Waals surface area contributed by atoms with E-state index in [0.29, 0.717) is 11.3 Å². The highest BCUT2D eigenvalue weighted by Gasteiger charge is 2.19. The van der Waals surface area contributed by atoms with E-state index in [0.717, 1.165) is 0 Å². The van der Waals surface area contributed by atoms with Crippen molar-refractivity contribution in [2.24, 2.45) is 5.73 Å². The summed E-state index contributed by atoms with van der Waals surface area (Å²) in [7, 11) is 0. The lowest BCUT2D eigenvalue weighted by molar-refractivity contribution is -0.123. The van der Waals surface area contributed by atoms with Crippen molar-refractivity contribution in [3.8, 4) is 0 Å². The molecule has 4 N–H and O–H groups in total. The number of carbonyl (C=O) groups excluding carboxylic acids is 3. The molecule has 0 aliphatic rings. The number of ether oxygens (including phenoxy) is 1. The van der Waals surface area contributed by atoms with Crippen LogP contribution >= 0.6 is 0 Å². The molecule has 3 amide bonds. The maximum atomic E-state index is 13.5. The number of primary amides is 1. The molecule has 0 radical (unpaired) electrons. The van der Waals surface area contributed by atoms with Gasteiger partial charge < -0.3 is 21.1 Å². The number of aryl methyl sites for hydroxylation is 1. The van der Waals surface area contributed by atoms with E-state index in [4.69, 9.17) is 10.5 Å². The molecule has 8 heteroatoms. The Balaban J connectivity index is 2.00. The average molecular weight is 359 g/mol. The third-order valence-electron chi connectivity index (χ3n) is 3.46. The summed E-state index contributed by atoms with van der Waals surface area (Å²) in [6.45, 7) is 3.00. The van der Waals surface area contributed by atoms with Crippen LogP contribution in [0.5, 0.6) is 0 Å². The van der Waals surface area contributed by atoms with Crippen molar-refractivity contribution in [2.75, 3.05) is 10.6 Å². The predicted octanol–water partition coefficient (Wildman–Crippen LogP) is 2.81. The van der Waals surface area contributed by atoms with Crippen LogP contribution in [0.4, 0.5) is 20.6 Å². The number of amides is 3. The van der Waals surface area contributed by atoms with Gasteiger partial charge in [-0.3, -0.25) is 4.79 Å². The number of nitrogens with two attached hydrogens (primary N) is 1. The van der Waals surface area contributed by atoms with Crippen LogP contribution in [0.15, 0.2) is 42.5 Å². The highest BCUT2D eigenvalue weighted by atomic mass is 19.1. The number of hydrogen-bond donors (Lipinski definition) is 3. The van der Waals surface area contributed by atoms with Crippen molar-refractivity contribution in [3.63, 3.8) is 0 Å². The number of urea groups is 1. The van der Waals surface area contributed by atoms with E-state index in [-0.39, 0.29) is 11.3 Å². The molecule has 136 valence electrons. The molecule has 0 fully saturated rings. The third-order valence-corrected chi connectivity index (χ3v) is 3.46. The largest absolute Gasteiger partial charge is 0.449 e. The Morgan fingerprint density at radius 1 is 1.08 bits per heavy atom. The lowest BCUT2D eigenvalue weighted by Gasteiger charge is -2.14. The molecule has 0 bridgehead atoms. The molecule has 0 spiro atoms. The van der Waals surface area contributed by atoms with Crippen molar-refractivity contribution in [3.05, 3.63) is 59.4 Å². The maximum absolute atomic E-state index is 13.5. The predicted molar refractivity (Wildman–Crippen MR) is 94.3 cm³/mol. The fraction of sp³-hybridized carbons (Fsp3) is 0.167. The number of benzene rings is 2. The first-order chi connectivity index (χ1) is 12.3. The average Bonchev–Trinajstić information content (AvgIpc) is 2.57. The standard InChI is InChI=1S/C18H18FN3O4/c1-10-6-7-14(9-15(10)19)21-16(23)11(2)26-17(24)12-4-3-5-13(8-12)22-18(20)25/h3-9,11H,1-2H3,(H,21,23)(H3,20,22,25)/t11-/m1/s1. The minimum absolute atomic E-state index is 0.136. The van der Waals surface area contributed by atoms with Gasteiger partial charge in [0.2, 0.25) is 0 Å². The smallest absolute Gasteiger partial charge is 0.338 e. The fourth-order valence-electron chi connectivity index (χ4n) is 2.06. The third kappa shape index (κ3) is 5.04. The number of anilines is 2. The van der Waals surface area contributed by atoms with E-state index in [2.05, 4.69) is 10.6 Å². The molecule has 2 aromatic carbocycles. The van der Waals surface area contributed by atoms with Gasteiger partial charge in [-0.25, -0.2) is 14.0 Å². The summed E-state index contributed by atoms with van der Waals surface area (Å²) in [6, 6.07) is 9.39. The van der Waals surface area contributed by atoms with Crippen LogP contribution in [0, 0.1) is 12.7 Å². The number of nitrogens with one attached hydrogen (secondary N) is 2. The van der Waals surface area contributed by atoms with Crippen molar-refractivity contribution in [2.45, 2.75) is 20.0 Å². The van der Waals surface area contributed by atoms with E-state index in [1.165, 1.54) is 37.3 Å². The van der Waals surface area contributed by atoms with Crippen LogP contribution in [-0.2, 0) is 9.53 Å². The van der Waals surface area contributed by atoms with Crippen LogP contribution in [-0.4, -0.2) is 24.0 Å². The van der Waals surface area contributed by atoms with Crippen LogP contribution in [0.2, 0.25) is 0 Å². The second kappa shape index (κ2) is 8.11. The van der Waals surface area contributed by atoms with Gasteiger partial charge in [-0.05, 0) is 49.7 Å². The zero-order chi connectivity index (χ0) is 19.3. The maximum Gasteiger partial charge on any atom is 0.338 e. The number of esters is 1. The minimum Gasteiger partial charge on any atom is -0.449 e. The van der Waals surface area contributed by atoms with Crippen molar-refractivity contribution < 1.29 is 23.5 Å². The SMILES string of the molecule is Cc1ccc(NC(=O)[C@@H](C)OC(=O)c2cccc(NC(N)=O)c2)cc1F. The van der Waals surface area contributed by atoms with Gasteiger partial charge in [-0.15, -0.1) is 0 Å². The number of hydrogen-bond acceptors (Lipinski definition) is 4. The molecule has 0 aliphatic carbocycles. The van der Waals surface area contributed by atoms with Gasteiger partial charge in [0.1, 0.15) is 5.82 Å². The highest BCUT2D eigenvalue weighted by Crippen LogP contribution is 2.15. The fourth-order valence-corrected chi connectivity index (χ4v) is 2.06. The van der Waals surface area contributed by atoms with Crippen LogP contribution in [0.25, 0.3) is 0 Å². The molecule has 0 saturated heterocycles. The highest BCUT2D eigenvalue weighted by molar-refractivity contribution is 5.98. The van der Waals surface area contributed by atoms with Crippen LogP contribution < -0.4 is 16.4 Å². The summed E-state index contributed by atoms with van der Waals surface area (Å²) in [6.07, 6.45) is -1.11. The molecule has 0 unspecified atom stereocenters. The molecule has 26 heavy (non-hydrogen) atoms. The number of carbonyl (C=O) groups is 3. The Kier molecular flexibility index (Phi) is 5.90. The van der Waals surface area contributed by atoms with Gasteiger partial charge in [0.25, 0.3) is 5.91 Å². The molecular formula is C18H18FN3O4. The zero-order valence-electron chi connectivity index (χ0n) is 14.2. The topological polar surface area (TPSA) is 111 Å². The minimum atomic E-state index is -1.11. The van der Waals surface area contributed by atoms with Gasteiger partial charge in [0.15, 0.2) is 6.10 Å². The van der Waals surface area contributed by atoms with E-state index in [9.17, 15) is 18.8 Å². The Morgan fingerprint density at radius 3 is 2.42 bits per heavy atom. The van der Waals surface area contributed by atoms with Gasteiger partial charge >= 0.3 is 12.0 Å². The molecule has 2 rings (SSSR count). The number of rotatable bonds is 5. The summed E-state index contributed by atoms with van der Waals surface area (Å²) in [5, 5.41) is 4.81.